The highest BCUT2D eigenvalue weighted by molar-refractivity contribution is 5.26. The van der Waals surface area contributed by atoms with Crippen LogP contribution in [0.3, 0.4) is 0 Å². The summed E-state index contributed by atoms with van der Waals surface area (Å²) in [4.78, 5) is 4.14. The van der Waals surface area contributed by atoms with Crippen LogP contribution in [0.4, 0.5) is 0 Å². The molecule has 0 aliphatic heterocycles. The molecule has 0 fully saturated rings. The molecule has 1 aromatic heterocycles. The number of nitrogens with zero attached hydrogens (tertiary/aromatic N) is 1. The first-order valence-corrected chi connectivity index (χ1v) is 4.93. The van der Waals surface area contributed by atoms with Crippen molar-refractivity contribution in [2.24, 2.45) is 0 Å². The second-order valence-corrected chi connectivity index (χ2v) is 3.18. The van der Waals surface area contributed by atoms with Crippen LogP contribution < -0.4 is 5.32 Å². The third-order valence-electron chi connectivity index (χ3n) is 2.45. The van der Waals surface area contributed by atoms with Gasteiger partial charge in [-0.2, -0.15) is 0 Å². The van der Waals surface area contributed by atoms with E-state index in [2.05, 4.69) is 30.2 Å². The van der Waals surface area contributed by atoms with Crippen molar-refractivity contribution >= 4 is 0 Å². The van der Waals surface area contributed by atoms with E-state index in [4.69, 9.17) is 0 Å². The molecule has 0 aliphatic rings. The molecular formula is C11H18N2. The van der Waals surface area contributed by atoms with E-state index < -0.39 is 0 Å². The summed E-state index contributed by atoms with van der Waals surface area (Å²) in [5.74, 6) is 0. The fraction of sp³-hybridized carbons (Fsp3) is 0.545. The average molecular weight is 178 g/mol. The Kier molecular flexibility index (Phi) is 3.90. The van der Waals surface area contributed by atoms with E-state index in [1.54, 1.807) is 0 Å². The van der Waals surface area contributed by atoms with Crippen molar-refractivity contribution in [1.29, 1.82) is 0 Å². The number of nitrogens with one attached hydrogen (secondary N) is 1. The fourth-order valence-electron chi connectivity index (χ4n) is 1.65. The van der Waals surface area contributed by atoms with Gasteiger partial charge in [0.15, 0.2) is 0 Å². The van der Waals surface area contributed by atoms with Gasteiger partial charge in [0, 0.05) is 18.4 Å². The molecule has 72 valence electrons. The zero-order valence-electron chi connectivity index (χ0n) is 8.67. The molecule has 0 aliphatic carbocycles. The van der Waals surface area contributed by atoms with Gasteiger partial charge in [-0.1, -0.05) is 13.8 Å². The summed E-state index contributed by atoms with van der Waals surface area (Å²) in [7, 11) is 2.01. The maximum absolute atomic E-state index is 4.14. The zero-order valence-corrected chi connectivity index (χ0v) is 8.67. The summed E-state index contributed by atoms with van der Waals surface area (Å²) in [6.07, 6.45) is 6.01. The minimum absolute atomic E-state index is 0.470. The standard InChI is InChI=1S/C11H18N2/c1-4-9-8-13-7-6-10(9)11(5-2)12-3/h6-8,11-12H,4-5H2,1-3H3. The van der Waals surface area contributed by atoms with Crippen molar-refractivity contribution in [2.75, 3.05) is 7.05 Å². The second kappa shape index (κ2) is 4.97. The molecule has 2 heteroatoms. The predicted octanol–water partition coefficient (Wildman–Crippen LogP) is 2.31. The van der Waals surface area contributed by atoms with Crippen molar-refractivity contribution < 1.29 is 0 Å². The lowest BCUT2D eigenvalue weighted by Gasteiger charge is -2.17. The summed E-state index contributed by atoms with van der Waals surface area (Å²) in [5.41, 5.74) is 2.74. The highest BCUT2D eigenvalue weighted by Gasteiger charge is 2.09. The van der Waals surface area contributed by atoms with E-state index in [0.29, 0.717) is 6.04 Å². The van der Waals surface area contributed by atoms with Crippen LogP contribution in [0.2, 0.25) is 0 Å². The van der Waals surface area contributed by atoms with Crippen molar-refractivity contribution in [3.05, 3.63) is 29.6 Å². The number of aryl methyl sites for hydroxylation is 1. The zero-order chi connectivity index (χ0) is 9.68. The summed E-state index contributed by atoms with van der Waals surface area (Å²) in [6, 6.07) is 2.58. The SMILES string of the molecule is CCc1cnccc1C(CC)NC. The minimum atomic E-state index is 0.470. The Morgan fingerprint density at radius 2 is 2.23 bits per heavy atom. The van der Waals surface area contributed by atoms with Crippen molar-refractivity contribution in [1.82, 2.24) is 10.3 Å². The Morgan fingerprint density at radius 3 is 2.77 bits per heavy atom. The first kappa shape index (κ1) is 10.2. The molecule has 0 aromatic carbocycles. The van der Waals surface area contributed by atoms with Gasteiger partial charge in [-0.05, 0) is 37.1 Å². The Morgan fingerprint density at radius 1 is 1.46 bits per heavy atom. The van der Waals surface area contributed by atoms with Crippen molar-refractivity contribution in [3.63, 3.8) is 0 Å². The van der Waals surface area contributed by atoms with Crippen molar-refractivity contribution in [3.8, 4) is 0 Å². The lowest BCUT2D eigenvalue weighted by Crippen LogP contribution is -2.16. The molecule has 0 bridgehead atoms. The Hall–Kier alpha value is -0.890. The van der Waals surface area contributed by atoms with Gasteiger partial charge in [-0.25, -0.2) is 0 Å². The molecule has 1 heterocycles. The number of rotatable bonds is 4. The Labute approximate surface area is 80.4 Å². The fourth-order valence-corrected chi connectivity index (χ4v) is 1.65. The highest BCUT2D eigenvalue weighted by atomic mass is 14.9. The van der Waals surface area contributed by atoms with E-state index >= 15 is 0 Å². The molecule has 13 heavy (non-hydrogen) atoms. The maximum Gasteiger partial charge on any atom is 0.0318 e. The lowest BCUT2D eigenvalue weighted by atomic mass is 9.99. The average Bonchev–Trinajstić information content (AvgIpc) is 2.20. The molecule has 1 unspecified atom stereocenters. The monoisotopic (exact) mass is 178 g/mol. The van der Waals surface area contributed by atoms with Crippen LogP contribution in [0.1, 0.15) is 37.4 Å². The molecule has 0 amide bonds. The smallest absolute Gasteiger partial charge is 0.0318 e. The van der Waals surface area contributed by atoms with E-state index in [-0.39, 0.29) is 0 Å². The summed E-state index contributed by atoms with van der Waals surface area (Å²) in [6.45, 7) is 4.37. The first-order chi connectivity index (χ1) is 6.33. The van der Waals surface area contributed by atoms with Gasteiger partial charge in [0.1, 0.15) is 0 Å². The van der Waals surface area contributed by atoms with Gasteiger partial charge in [-0.3, -0.25) is 4.98 Å². The summed E-state index contributed by atoms with van der Waals surface area (Å²) >= 11 is 0. The van der Waals surface area contributed by atoms with Crippen LogP contribution in [-0.2, 0) is 6.42 Å². The van der Waals surface area contributed by atoms with Gasteiger partial charge in [0.25, 0.3) is 0 Å². The van der Waals surface area contributed by atoms with Crippen LogP contribution in [0.5, 0.6) is 0 Å². The minimum Gasteiger partial charge on any atom is -0.313 e. The third-order valence-corrected chi connectivity index (χ3v) is 2.45. The van der Waals surface area contributed by atoms with Gasteiger partial charge in [-0.15, -0.1) is 0 Å². The van der Waals surface area contributed by atoms with Gasteiger partial charge < -0.3 is 5.32 Å². The molecule has 1 atom stereocenters. The van der Waals surface area contributed by atoms with Gasteiger partial charge in [0.05, 0.1) is 0 Å². The molecular weight excluding hydrogens is 160 g/mol. The molecule has 1 rings (SSSR count). The quantitative estimate of drug-likeness (QED) is 0.765. The molecule has 0 saturated carbocycles. The highest BCUT2D eigenvalue weighted by Crippen LogP contribution is 2.19. The molecule has 1 aromatic rings. The summed E-state index contributed by atoms with van der Waals surface area (Å²) in [5, 5.41) is 3.31. The van der Waals surface area contributed by atoms with Crippen LogP contribution in [-0.4, -0.2) is 12.0 Å². The Balaban J connectivity index is 2.96. The van der Waals surface area contributed by atoms with Crippen LogP contribution in [0, 0.1) is 0 Å². The first-order valence-electron chi connectivity index (χ1n) is 4.93. The maximum atomic E-state index is 4.14. The van der Waals surface area contributed by atoms with Crippen LogP contribution >= 0.6 is 0 Å². The topological polar surface area (TPSA) is 24.9 Å². The van der Waals surface area contributed by atoms with E-state index in [1.165, 1.54) is 11.1 Å². The molecule has 0 radical (unpaired) electrons. The predicted molar refractivity (Wildman–Crippen MR) is 55.7 cm³/mol. The van der Waals surface area contributed by atoms with Crippen LogP contribution in [0.15, 0.2) is 18.5 Å². The van der Waals surface area contributed by atoms with Crippen LogP contribution in [0.25, 0.3) is 0 Å². The Bertz CT molecular complexity index is 254. The lowest BCUT2D eigenvalue weighted by molar-refractivity contribution is 0.571. The molecule has 0 spiro atoms. The number of aromatic nitrogens is 1. The van der Waals surface area contributed by atoms with E-state index in [0.717, 1.165) is 12.8 Å². The normalized spacial score (nSPS) is 12.8. The summed E-state index contributed by atoms with van der Waals surface area (Å²) < 4.78 is 0. The van der Waals surface area contributed by atoms with Crippen molar-refractivity contribution in [2.45, 2.75) is 32.7 Å². The molecule has 0 saturated heterocycles. The molecule has 1 N–H and O–H groups in total. The van der Waals surface area contributed by atoms with Gasteiger partial charge >= 0.3 is 0 Å². The third kappa shape index (κ3) is 2.28. The van der Waals surface area contributed by atoms with Gasteiger partial charge in [0.2, 0.25) is 0 Å². The molecule has 2 nitrogen and oxygen atoms in total. The number of hydrogen-bond donors (Lipinski definition) is 1. The number of hydrogen-bond acceptors (Lipinski definition) is 2. The number of pyridine rings is 1. The van der Waals surface area contributed by atoms with E-state index in [9.17, 15) is 0 Å². The largest absolute Gasteiger partial charge is 0.313 e. The second-order valence-electron chi connectivity index (χ2n) is 3.18. The van der Waals surface area contributed by atoms with E-state index in [1.807, 2.05) is 19.4 Å².